The predicted octanol–water partition coefficient (Wildman–Crippen LogP) is 4.37. The van der Waals surface area contributed by atoms with E-state index < -0.39 is 0 Å². The summed E-state index contributed by atoms with van der Waals surface area (Å²) in [6.07, 6.45) is 2.25. The number of thiazole rings is 1. The van der Waals surface area contributed by atoms with E-state index in [1.54, 1.807) is 0 Å². The first-order valence-electron chi connectivity index (χ1n) is 7.87. The van der Waals surface area contributed by atoms with Gasteiger partial charge in [-0.15, -0.1) is 11.3 Å². The number of rotatable bonds is 4. The minimum Gasteiger partial charge on any atom is -0.302 e. The van der Waals surface area contributed by atoms with Crippen molar-refractivity contribution in [3.05, 3.63) is 51.0 Å². The van der Waals surface area contributed by atoms with Crippen molar-refractivity contribution in [1.82, 2.24) is 10.3 Å². The maximum atomic E-state index is 4.97. The van der Waals surface area contributed by atoms with Gasteiger partial charge >= 0.3 is 0 Å². The Kier molecular flexibility index (Phi) is 3.89. The number of nitrogens with one attached hydrogen (secondary N) is 1. The van der Waals surface area contributed by atoms with E-state index in [0.717, 1.165) is 19.4 Å². The van der Waals surface area contributed by atoms with Crippen LogP contribution in [0.15, 0.2) is 23.6 Å². The lowest BCUT2D eigenvalue weighted by Crippen LogP contribution is -2.41. The summed E-state index contributed by atoms with van der Waals surface area (Å²) in [5, 5.41) is 7.22. The topological polar surface area (TPSA) is 24.9 Å². The monoisotopic (exact) mass is 300 g/mol. The Morgan fingerprint density at radius 3 is 2.86 bits per heavy atom. The highest BCUT2D eigenvalue weighted by atomic mass is 32.1. The fourth-order valence-corrected chi connectivity index (χ4v) is 4.49. The Balaban J connectivity index is 2.12. The van der Waals surface area contributed by atoms with Gasteiger partial charge in [-0.05, 0) is 43.4 Å². The molecule has 0 bridgehead atoms. The summed E-state index contributed by atoms with van der Waals surface area (Å²) in [6.45, 7) is 9.75. The smallest absolute Gasteiger partial charge is 0.118 e. The van der Waals surface area contributed by atoms with Gasteiger partial charge in [-0.25, -0.2) is 4.98 Å². The van der Waals surface area contributed by atoms with Crippen molar-refractivity contribution in [2.24, 2.45) is 0 Å². The van der Waals surface area contributed by atoms with Gasteiger partial charge in [0.15, 0.2) is 0 Å². The molecular weight excluding hydrogens is 276 g/mol. The molecule has 0 radical (unpaired) electrons. The first-order chi connectivity index (χ1) is 10.1. The Hall–Kier alpha value is -1.19. The average Bonchev–Trinajstić information content (AvgIpc) is 3.05. The molecule has 0 saturated heterocycles. The fourth-order valence-electron chi connectivity index (χ4n) is 3.29. The molecule has 1 aromatic heterocycles. The van der Waals surface area contributed by atoms with E-state index in [9.17, 15) is 0 Å². The van der Waals surface area contributed by atoms with Gasteiger partial charge in [0.1, 0.15) is 5.01 Å². The minimum absolute atomic E-state index is 0.0755. The van der Waals surface area contributed by atoms with E-state index >= 15 is 0 Å². The number of aryl methyl sites for hydroxylation is 2. The van der Waals surface area contributed by atoms with Crippen LogP contribution in [0.2, 0.25) is 0 Å². The minimum atomic E-state index is -0.0755. The van der Waals surface area contributed by atoms with E-state index in [4.69, 9.17) is 4.98 Å². The highest BCUT2D eigenvalue weighted by Crippen LogP contribution is 2.43. The van der Waals surface area contributed by atoms with Crippen molar-refractivity contribution in [3.8, 4) is 0 Å². The van der Waals surface area contributed by atoms with Crippen LogP contribution in [0.25, 0.3) is 0 Å². The third-order valence-electron chi connectivity index (χ3n) is 4.45. The van der Waals surface area contributed by atoms with E-state index in [-0.39, 0.29) is 5.54 Å². The van der Waals surface area contributed by atoms with Gasteiger partial charge in [-0.3, -0.25) is 0 Å². The molecule has 0 spiro atoms. The molecule has 1 unspecified atom stereocenters. The van der Waals surface area contributed by atoms with Gasteiger partial charge in [0.25, 0.3) is 0 Å². The van der Waals surface area contributed by atoms with E-state index in [0.29, 0.717) is 5.92 Å². The molecule has 0 saturated carbocycles. The van der Waals surface area contributed by atoms with Crippen LogP contribution in [0.1, 0.15) is 60.5 Å². The number of fused-ring (bicyclic) bond motifs is 1. The molecule has 0 aliphatic heterocycles. The van der Waals surface area contributed by atoms with Crippen molar-refractivity contribution in [1.29, 1.82) is 0 Å². The summed E-state index contributed by atoms with van der Waals surface area (Å²) in [6, 6.07) is 6.87. The summed E-state index contributed by atoms with van der Waals surface area (Å²) >= 11 is 1.81. The van der Waals surface area contributed by atoms with Crippen molar-refractivity contribution >= 4 is 11.3 Å². The molecular formula is C18H24N2S. The Morgan fingerprint density at radius 1 is 1.38 bits per heavy atom. The van der Waals surface area contributed by atoms with Gasteiger partial charge in [-0.1, -0.05) is 44.5 Å². The molecule has 1 aliphatic rings. The number of hydrogen-bond donors (Lipinski definition) is 1. The number of benzene rings is 1. The number of nitrogens with zero attached hydrogens (tertiary/aromatic N) is 1. The zero-order valence-corrected chi connectivity index (χ0v) is 14.2. The van der Waals surface area contributed by atoms with Crippen LogP contribution >= 0.6 is 11.3 Å². The van der Waals surface area contributed by atoms with Crippen LogP contribution in [0.5, 0.6) is 0 Å². The fraction of sp³-hybridized carbons (Fsp3) is 0.500. The highest BCUT2D eigenvalue weighted by Gasteiger charge is 2.42. The first-order valence-corrected chi connectivity index (χ1v) is 8.75. The second kappa shape index (κ2) is 5.54. The lowest BCUT2D eigenvalue weighted by molar-refractivity contribution is 0.406. The summed E-state index contributed by atoms with van der Waals surface area (Å²) in [4.78, 5) is 4.97. The van der Waals surface area contributed by atoms with Crippen LogP contribution in [0.3, 0.4) is 0 Å². The Bertz CT molecular complexity index is 640. The molecule has 112 valence electrons. The molecule has 1 heterocycles. The van der Waals surface area contributed by atoms with E-state index in [1.807, 2.05) is 11.3 Å². The van der Waals surface area contributed by atoms with Crippen LogP contribution < -0.4 is 5.32 Å². The molecule has 1 aromatic carbocycles. The predicted molar refractivity (Wildman–Crippen MR) is 90.2 cm³/mol. The Morgan fingerprint density at radius 2 is 2.19 bits per heavy atom. The summed E-state index contributed by atoms with van der Waals surface area (Å²) in [5.74, 6) is 0.493. The maximum Gasteiger partial charge on any atom is 0.118 e. The third-order valence-corrected chi connectivity index (χ3v) is 5.47. The second-order valence-corrected chi connectivity index (χ2v) is 7.19. The van der Waals surface area contributed by atoms with Crippen molar-refractivity contribution in [2.75, 3.05) is 6.54 Å². The van der Waals surface area contributed by atoms with Crippen molar-refractivity contribution < 1.29 is 0 Å². The lowest BCUT2D eigenvalue weighted by Gasteiger charge is -2.29. The van der Waals surface area contributed by atoms with Crippen LogP contribution in [0.4, 0.5) is 0 Å². The van der Waals surface area contributed by atoms with Gasteiger partial charge in [0.2, 0.25) is 0 Å². The molecule has 3 heteroatoms. The zero-order chi connectivity index (χ0) is 15.0. The second-order valence-electron chi connectivity index (χ2n) is 6.33. The highest BCUT2D eigenvalue weighted by molar-refractivity contribution is 7.09. The third kappa shape index (κ3) is 2.43. The molecule has 2 aromatic rings. The van der Waals surface area contributed by atoms with Crippen LogP contribution in [-0.2, 0) is 12.0 Å². The van der Waals surface area contributed by atoms with E-state index in [2.05, 4.69) is 56.6 Å². The molecule has 0 fully saturated rings. The van der Waals surface area contributed by atoms with Gasteiger partial charge in [0.05, 0.1) is 11.2 Å². The summed E-state index contributed by atoms with van der Waals surface area (Å²) in [5.41, 5.74) is 5.39. The van der Waals surface area contributed by atoms with Crippen molar-refractivity contribution in [2.45, 2.75) is 52.0 Å². The largest absolute Gasteiger partial charge is 0.302 e. The molecule has 3 rings (SSSR count). The van der Waals surface area contributed by atoms with Crippen molar-refractivity contribution in [3.63, 3.8) is 0 Å². The quantitative estimate of drug-likeness (QED) is 0.906. The summed E-state index contributed by atoms with van der Waals surface area (Å²) < 4.78 is 0. The molecule has 1 N–H and O–H groups in total. The normalized spacial score (nSPS) is 21.0. The average molecular weight is 300 g/mol. The number of aromatic nitrogens is 1. The molecule has 2 nitrogen and oxygen atoms in total. The van der Waals surface area contributed by atoms with Gasteiger partial charge < -0.3 is 5.32 Å². The van der Waals surface area contributed by atoms with Crippen LogP contribution in [-0.4, -0.2) is 11.5 Å². The lowest BCUT2D eigenvalue weighted by atomic mass is 9.91. The SMILES string of the molecule is CCNC1(c2nc(C(C)C)cs2)CCc2ccc(C)cc21. The van der Waals surface area contributed by atoms with Gasteiger partial charge in [0, 0.05) is 5.38 Å². The molecule has 1 atom stereocenters. The molecule has 0 amide bonds. The molecule has 21 heavy (non-hydrogen) atoms. The maximum absolute atomic E-state index is 4.97. The van der Waals surface area contributed by atoms with Crippen LogP contribution in [0, 0.1) is 6.92 Å². The molecule has 1 aliphatic carbocycles. The number of hydrogen-bond acceptors (Lipinski definition) is 3. The zero-order valence-electron chi connectivity index (χ0n) is 13.4. The standard InChI is InChI=1S/C18H24N2S/c1-5-19-18(17-20-16(11-21-17)12(2)3)9-8-14-7-6-13(4)10-15(14)18/h6-7,10-12,19H,5,8-9H2,1-4H3. The first kappa shape index (κ1) is 14.7. The van der Waals surface area contributed by atoms with Gasteiger partial charge in [-0.2, -0.15) is 0 Å². The summed E-state index contributed by atoms with van der Waals surface area (Å²) in [7, 11) is 0. The Labute approximate surface area is 131 Å². The van der Waals surface area contributed by atoms with E-state index in [1.165, 1.54) is 27.4 Å².